The number of fused-ring (bicyclic) bond motifs is 1. The Balaban J connectivity index is 1.71. The van der Waals surface area contributed by atoms with E-state index in [0.29, 0.717) is 11.4 Å². The quantitative estimate of drug-likeness (QED) is 0.380. The molecule has 4 aromatic rings. The summed E-state index contributed by atoms with van der Waals surface area (Å²) in [5.74, 6) is -0.274. The molecule has 33 heavy (non-hydrogen) atoms. The lowest BCUT2D eigenvalue weighted by Crippen LogP contribution is -2.31. The number of carbonyl (C=O) groups excluding carboxylic acids is 1. The normalized spacial score (nSPS) is 10.8. The number of ether oxygens (including phenoxy) is 1. The molecule has 0 unspecified atom stereocenters. The van der Waals surface area contributed by atoms with Crippen LogP contribution in [0, 0.1) is 18.3 Å². The number of benzene rings is 3. The van der Waals surface area contributed by atoms with Crippen molar-refractivity contribution < 1.29 is 9.53 Å². The first-order valence-corrected chi connectivity index (χ1v) is 10.0. The molecule has 0 bridgehead atoms. The smallest absolute Gasteiger partial charge is 0.292 e. The number of nitrogens with one attached hydrogen (secondary N) is 1. The molecule has 0 atom stereocenters. The number of aromatic nitrogens is 2. The first kappa shape index (κ1) is 21.5. The van der Waals surface area contributed by atoms with Crippen molar-refractivity contribution in [3.8, 4) is 17.5 Å². The molecule has 0 aliphatic heterocycles. The van der Waals surface area contributed by atoms with Gasteiger partial charge in [-0.25, -0.2) is 5.43 Å². The Bertz CT molecular complexity index is 1490. The average Bonchev–Trinajstić information content (AvgIpc) is 2.84. The molecular formula is C25H19N5O3. The molecule has 162 valence electrons. The second-order valence-corrected chi connectivity index (χ2v) is 7.12. The molecule has 1 amide bonds. The van der Waals surface area contributed by atoms with Crippen molar-refractivity contribution in [2.75, 3.05) is 7.11 Å². The summed E-state index contributed by atoms with van der Waals surface area (Å²) in [6.45, 7) is 1.50. The summed E-state index contributed by atoms with van der Waals surface area (Å²) in [7, 11) is 1.46. The Morgan fingerprint density at radius 3 is 2.64 bits per heavy atom. The zero-order valence-electron chi connectivity index (χ0n) is 17.9. The molecule has 0 saturated carbocycles. The number of rotatable bonds is 5. The average molecular weight is 437 g/mol. The number of carbonyl (C=O) groups is 1. The van der Waals surface area contributed by atoms with Gasteiger partial charge in [-0.15, -0.1) is 0 Å². The van der Waals surface area contributed by atoms with Gasteiger partial charge in [0, 0.05) is 11.1 Å². The summed E-state index contributed by atoms with van der Waals surface area (Å²) in [6.07, 6.45) is 1.54. The van der Waals surface area contributed by atoms with Gasteiger partial charge in [0.25, 0.3) is 11.5 Å². The van der Waals surface area contributed by atoms with Gasteiger partial charge in [0.2, 0.25) is 0 Å². The van der Waals surface area contributed by atoms with E-state index in [-0.39, 0.29) is 16.8 Å². The van der Waals surface area contributed by atoms with Crippen LogP contribution in [0.3, 0.4) is 0 Å². The topological polar surface area (TPSA) is 109 Å². The molecule has 8 heteroatoms. The van der Waals surface area contributed by atoms with Crippen molar-refractivity contribution in [3.63, 3.8) is 0 Å². The zero-order valence-corrected chi connectivity index (χ0v) is 17.9. The van der Waals surface area contributed by atoms with E-state index in [2.05, 4.69) is 15.6 Å². The summed E-state index contributed by atoms with van der Waals surface area (Å²) in [4.78, 5) is 25.7. The number of hydrazone groups is 1. The van der Waals surface area contributed by atoms with E-state index in [9.17, 15) is 14.9 Å². The Morgan fingerprint density at radius 2 is 1.85 bits per heavy atom. The monoisotopic (exact) mass is 437 g/mol. The molecule has 0 aliphatic rings. The summed E-state index contributed by atoms with van der Waals surface area (Å²) < 4.78 is 6.29. The highest BCUT2D eigenvalue weighted by Gasteiger charge is 2.21. The van der Waals surface area contributed by atoms with E-state index in [1.54, 1.807) is 24.3 Å². The van der Waals surface area contributed by atoms with E-state index in [1.807, 2.05) is 48.5 Å². The van der Waals surface area contributed by atoms with E-state index in [4.69, 9.17) is 4.74 Å². The molecule has 1 heterocycles. The lowest BCUT2D eigenvalue weighted by atomic mass is 10.1. The molecular weight excluding hydrogens is 418 g/mol. The van der Waals surface area contributed by atoms with Crippen LogP contribution in [0.1, 0.15) is 27.2 Å². The van der Waals surface area contributed by atoms with Crippen molar-refractivity contribution in [2.24, 2.45) is 5.10 Å². The minimum absolute atomic E-state index is 0.0906. The van der Waals surface area contributed by atoms with Gasteiger partial charge >= 0.3 is 0 Å². The summed E-state index contributed by atoms with van der Waals surface area (Å²) in [5, 5.41) is 19.9. The molecule has 0 saturated heterocycles. The number of methoxy groups -OCH3 is 1. The number of para-hydroxylation sites is 2. The third kappa shape index (κ3) is 4.07. The lowest BCUT2D eigenvalue weighted by Gasteiger charge is -2.13. The number of hydrogen-bond donors (Lipinski definition) is 1. The second kappa shape index (κ2) is 9.16. The molecule has 0 spiro atoms. The van der Waals surface area contributed by atoms with E-state index in [0.717, 1.165) is 21.0 Å². The van der Waals surface area contributed by atoms with Gasteiger partial charge in [-0.05, 0) is 29.8 Å². The Morgan fingerprint density at radius 1 is 1.12 bits per heavy atom. The second-order valence-electron chi connectivity index (χ2n) is 7.12. The fraction of sp³-hybridized carbons (Fsp3) is 0.0800. The first-order chi connectivity index (χ1) is 16.0. The fourth-order valence-corrected chi connectivity index (χ4v) is 3.50. The third-order valence-electron chi connectivity index (χ3n) is 5.17. The minimum Gasteiger partial charge on any atom is -0.494 e. The first-order valence-electron chi connectivity index (χ1n) is 10.0. The van der Waals surface area contributed by atoms with Gasteiger partial charge in [-0.1, -0.05) is 54.6 Å². The summed E-state index contributed by atoms with van der Waals surface area (Å²) in [5.41, 5.74) is 2.84. The highest BCUT2D eigenvalue weighted by atomic mass is 16.5. The maximum Gasteiger partial charge on any atom is 0.292 e. The molecule has 0 aliphatic carbocycles. The van der Waals surface area contributed by atoms with Crippen LogP contribution in [0.2, 0.25) is 0 Å². The number of amides is 1. The van der Waals surface area contributed by atoms with Gasteiger partial charge in [-0.3, -0.25) is 9.59 Å². The van der Waals surface area contributed by atoms with Gasteiger partial charge in [0.05, 0.1) is 13.3 Å². The summed E-state index contributed by atoms with van der Waals surface area (Å²) in [6, 6.07) is 22.2. The molecule has 1 aromatic heterocycles. The van der Waals surface area contributed by atoms with Crippen LogP contribution in [-0.2, 0) is 0 Å². The van der Waals surface area contributed by atoms with E-state index < -0.39 is 11.5 Å². The molecule has 3 aromatic carbocycles. The van der Waals surface area contributed by atoms with Crippen molar-refractivity contribution in [1.82, 2.24) is 15.2 Å². The third-order valence-corrected chi connectivity index (χ3v) is 5.17. The van der Waals surface area contributed by atoms with E-state index in [1.165, 1.54) is 20.2 Å². The van der Waals surface area contributed by atoms with Crippen LogP contribution >= 0.6 is 0 Å². The standard InChI is InChI=1S/C25H19N5O3/c1-16-20(14-26)25(32)30(21-12-5-6-13-22(21)33-2)29-23(16)24(31)28-27-15-18-10-7-9-17-8-3-4-11-19(17)18/h3-13,15H,1-2H3,(H,28,31). The van der Waals surface area contributed by atoms with Crippen LogP contribution in [0.15, 0.2) is 76.6 Å². The molecule has 4 rings (SSSR count). The highest BCUT2D eigenvalue weighted by molar-refractivity contribution is 6.00. The van der Waals surface area contributed by atoms with Crippen LogP contribution in [0.4, 0.5) is 0 Å². The minimum atomic E-state index is -0.649. The van der Waals surface area contributed by atoms with Gasteiger partial charge in [-0.2, -0.15) is 20.1 Å². The largest absolute Gasteiger partial charge is 0.494 e. The highest BCUT2D eigenvalue weighted by Crippen LogP contribution is 2.21. The SMILES string of the molecule is COc1ccccc1-n1nc(C(=O)NN=Cc2cccc3ccccc23)c(C)c(C#N)c1=O. The van der Waals surface area contributed by atoms with Crippen molar-refractivity contribution >= 4 is 22.9 Å². The van der Waals surface area contributed by atoms with Crippen molar-refractivity contribution in [2.45, 2.75) is 6.92 Å². The van der Waals surface area contributed by atoms with Crippen LogP contribution in [0.5, 0.6) is 5.75 Å². The number of nitriles is 1. The molecule has 8 nitrogen and oxygen atoms in total. The van der Waals surface area contributed by atoms with Crippen LogP contribution in [-0.4, -0.2) is 29.0 Å². The molecule has 0 fully saturated rings. The maximum atomic E-state index is 12.9. The van der Waals surface area contributed by atoms with Crippen LogP contribution < -0.4 is 15.7 Å². The number of hydrogen-bond acceptors (Lipinski definition) is 6. The molecule has 1 N–H and O–H groups in total. The van der Waals surface area contributed by atoms with Crippen molar-refractivity contribution in [1.29, 1.82) is 5.26 Å². The zero-order chi connectivity index (χ0) is 23.4. The molecule has 0 radical (unpaired) electrons. The van der Waals surface area contributed by atoms with Crippen LogP contribution in [0.25, 0.3) is 16.5 Å². The Hall–Kier alpha value is -4.77. The van der Waals surface area contributed by atoms with Crippen molar-refractivity contribution in [3.05, 3.63) is 99.5 Å². The Kier molecular flexibility index (Phi) is 5.96. The lowest BCUT2D eigenvalue weighted by molar-refractivity contribution is 0.0947. The van der Waals surface area contributed by atoms with Gasteiger partial charge in [0.15, 0.2) is 5.69 Å². The van der Waals surface area contributed by atoms with Gasteiger partial charge < -0.3 is 4.74 Å². The summed E-state index contributed by atoms with van der Waals surface area (Å²) >= 11 is 0. The van der Waals surface area contributed by atoms with Gasteiger partial charge in [0.1, 0.15) is 23.1 Å². The Labute approximate surface area is 189 Å². The predicted octanol–water partition coefficient (Wildman–Crippen LogP) is 3.34. The maximum absolute atomic E-state index is 12.9. The number of nitrogens with zero attached hydrogens (tertiary/aromatic N) is 4. The van der Waals surface area contributed by atoms with E-state index >= 15 is 0 Å². The predicted molar refractivity (Wildman–Crippen MR) is 125 cm³/mol. The fourth-order valence-electron chi connectivity index (χ4n) is 3.50.